The summed E-state index contributed by atoms with van der Waals surface area (Å²) in [5, 5.41) is 4.92. The van der Waals surface area contributed by atoms with E-state index in [1.165, 1.54) is 50.2 Å². The lowest BCUT2D eigenvalue weighted by Crippen LogP contribution is -2.41. The second kappa shape index (κ2) is 6.97. The van der Waals surface area contributed by atoms with Crippen molar-refractivity contribution in [3.8, 4) is 0 Å². The zero-order valence-electron chi connectivity index (χ0n) is 13.0. The van der Waals surface area contributed by atoms with E-state index in [9.17, 15) is 18.4 Å². The fourth-order valence-electron chi connectivity index (χ4n) is 1.78. The highest BCUT2D eigenvalue weighted by Gasteiger charge is 2.36. The zero-order chi connectivity index (χ0) is 17.9. The van der Waals surface area contributed by atoms with Crippen molar-refractivity contribution in [1.29, 1.82) is 0 Å². The predicted molar refractivity (Wildman–Crippen MR) is 88.9 cm³/mol. The molecule has 7 heteroatoms. The summed E-state index contributed by atoms with van der Waals surface area (Å²) in [5.74, 6) is -2.20. The summed E-state index contributed by atoms with van der Waals surface area (Å²) < 4.78 is 26.0. The van der Waals surface area contributed by atoms with Gasteiger partial charge in [-0.1, -0.05) is 11.6 Å². The average molecular weight is 353 g/mol. The van der Waals surface area contributed by atoms with Gasteiger partial charge in [-0.2, -0.15) is 0 Å². The molecule has 2 aromatic carbocycles. The summed E-state index contributed by atoms with van der Waals surface area (Å²) in [6.07, 6.45) is 0. The minimum atomic E-state index is -1.42. The average Bonchev–Trinajstić information content (AvgIpc) is 2.53. The molecule has 4 nitrogen and oxygen atoms in total. The maximum absolute atomic E-state index is 13.1. The Bertz CT molecular complexity index is 777. The molecule has 0 atom stereocenters. The van der Waals surface area contributed by atoms with Crippen molar-refractivity contribution in [1.82, 2.24) is 0 Å². The highest BCUT2D eigenvalue weighted by atomic mass is 35.5. The van der Waals surface area contributed by atoms with Crippen LogP contribution in [0.25, 0.3) is 0 Å². The molecular formula is C17H15ClF2N2O2. The van der Waals surface area contributed by atoms with Gasteiger partial charge in [0.05, 0.1) is 5.02 Å². The molecule has 0 aliphatic carbocycles. The summed E-state index contributed by atoms with van der Waals surface area (Å²) in [6.45, 7) is 2.87. The molecule has 2 rings (SSSR count). The van der Waals surface area contributed by atoms with Crippen LogP contribution in [0.2, 0.25) is 5.02 Å². The van der Waals surface area contributed by atoms with Crippen molar-refractivity contribution < 1.29 is 18.4 Å². The number of amides is 2. The zero-order valence-corrected chi connectivity index (χ0v) is 13.7. The topological polar surface area (TPSA) is 58.2 Å². The van der Waals surface area contributed by atoms with E-state index < -0.39 is 28.9 Å². The minimum Gasteiger partial charge on any atom is -0.325 e. The Morgan fingerprint density at radius 2 is 1.42 bits per heavy atom. The van der Waals surface area contributed by atoms with E-state index in [4.69, 9.17) is 11.6 Å². The molecule has 2 amide bonds. The van der Waals surface area contributed by atoms with Gasteiger partial charge in [0.25, 0.3) is 0 Å². The second-order valence-electron chi connectivity index (χ2n) is 5.67. The Morgan fingerprint density at radius 3 is 1.96 bits per heavy atom. The summed E-state index contributed by atoms with van der Waals surface area (Å²) in [5.41, 5.74) is -0.781. The second-order valence-corrected chi connectivity index (χ2v) is 6.08. The van der Waals surface area contributed by atoms with E-state index in [0.717, 1.165) is 6.07 Å². The molecule has 2 N–H and O–H groups in total. The molecule has 0 radical (unpaired) electrons. The number of nitrogens with one attached hydrogen (secondary N) is 2. The summed E-state index contributed by atoms with van der Waals surface area (Å²) in [6, 6.07) is 8.88. The molecule has 24 heavy (non-hydrogen) atoms. The van der Waals surface area contributed by atoms with Crippen LogP contribution in [0.15, 0.2) is 42.5 Å². The number of carbonyl (C=O) groups is 2. The lowest BCUT2D eigenvalue weighted by Gasteiger charge is -2.22. The fourth-order valence-corrected chi connectivity index (χ4v) is 1.97. The molecular weight excluding hydrogens is 338 g/mol. The monoisotopic (exact) mass is 352 g/mol. The Morgan fingerprint density at radius 1 is 0.917 bits per heavy atom. The molecule has 0 saturated carbocycles. The van der Waals surface area contributed by atoms with Crippen LogP contribution in [0.3, 0.4) is 0 Å². The molecule has 0 spiro atoms. The van der Waals surface area contributed by atoms with E-state index >= 15 is 0 Å². The first kappa shape index (κ1) is 17.9. The highest BCUT2D eigenvalue weighted by Crippen LogP contribution is 2.24. The fraction of sp³-hybridized carbons (Fsp3) is 0.176. The third-order valence-corrected chi connectivity index (χ3v) is 3.70. The Hall–Kier alpha value is -2.47. The maximum atomic E-state index is 13.1. The van der Waals surface area contributed by atoms with Crippen molar-refractivity contribution in [2.45, 2.75) is 13.8 Å². The van der Waals surface area contributed by atoms with Gasteiger partial charge >= 0.3 is 0 Å². The van der Waals surface area contributed by atoms with E-state index in [0.29, 0.717) is 5.69 Å². The molecule has 2 aromatic rings. The lowest BCUT2D eigenvalue weighted by molar-refractivity contribution is -0.135. The maximum Gasteiger partial charge on any atom is 0.239 e. The minimum absolute atomic E-state index is 0.138. The van der Waals surface area contributed by atoms with Crippen LogP contribution >= 0.6 is 11.6 Å². The summed E-state index contributed by atoms with van der Waals surface area (Å²) in [7, 11) is 0. The number of hydrogen-bond donors (Lipinski definition) is 2. The molecule has 126 valence electrons. The van der Waals surface area contributed by atoms with Crippen LogP contribution in [0.5, 0.6) is 0 Å². The first-order valence-electron chi connectivity index (χ1n) is 7.03. The van der Waals surface area contributed by atoms with Gasteiger partial charge in [-0.15, -0.1) is 0 Å². The number of anilines is 2. The predicted octanol–water partition coefficient (Wildman–Crippen LogP) is 4.22. The Kier molecular flexibility index (Phi) is 5.19. The van der Waals surface area contributed by atoms with Gasteiger partial charge in [-0.25, -0.2) is 8.78 Å². The normalized spacial score (nSPS) is 11.0. The molecule has 0 aliphatic rings. The van der Waals surface area contributed by atoms with Crippen LogP contribution in [-0.4, -0.2) is 11.8 Å². The van der Waals surface area contributed by atoms with Crippen molar-refractivity contribution in [2.75, 3.05) is 10.6 Å². The van der Waals surface area contributed by atoms with E-state index in [-0.39, 0.29) is 10.7 Å². The first-order chi connectivity index (χ1) is 11.2. The van der Waals surface area contributed by atoms with Crippen LogP contribution in [0.4, 0.5) is 20.2 Å². The SMILES string of the molecule is CC(C)(C(=O)Nc1ccc(F)cc1)C(=O)Nc1ccc(F)c(Cl)c1. The molecule has 0 aromatic heterocycles. The van der Waals surface area contributed by atoms with Gasteiger partial charge in [-0.3, -0.25) is 9.59 Å². The smallest absolute Gasteiger partial charge is 0.239 e. The molecule has 0 bridgehead atoms. The van der Waals surface area contributed by atoms with E-state index in [1.54, 1.807) is 0 Å². The van der Waals surface area contributed by atoms with Gasteiger partial charge in [-0.05, 0) is 56.3 Å². The Balaban J connectivity index is 2.09. The largest absolute Gasteiger partial charge is 0.325 e. The molecule has 0 heterocycles. The number of rotatable bonds is 4. The molecule has 0 aliphatic heterocycles. The van der Waals surface area contributed by atoms with Crippen molar-refractivity contribution in [3.63, 3.8) is 0 Å². The number of halogens is 3. The van der Waals surface area contributed by atoms with Gasteiger partial charge in [0.15, 0.2) is 0 Å². The van der Waals surface area contributed by atoms with Crippen LogP contribution in [0.1, 0.15) is 13.8 Å². The van der Waals surface area contributed by atoms with Gasteiger partial charge in [0, 0.05) is 11.4 Å². The van der Waals surface area contributed by atoms with Gasteiger partial charge in [0.2, 0.25) is 11.8 Å². The van der Waals surface area contributed by atoms with Crippen LogP contribution in [-0.2, 0) is 9.59 Å². The summed E-state index contributed by atoms with van der Waals surface area (Å²) in [4.78, 5) is 24.7. The van der Waals surface area contributed by atoms with E-state index in [1.807, 2.05) is 0 Å². The van der Waals surface area contributed by atoms with E-state index in [2.05, 4.69) is 10.6 Å². The lowest BCUT2D eigenvalue weighted by atomic mass is 9.90. The summed E-state index contributed by atoms with van der Waals surface area (Å²) >= 11 is 5.66. The van der Waals surface area contributed by atoms with Gasteiger partial charge in [0.1, 0.15) is 17.0 Å². The number of benzene rings is 2. The number of hydrogen-bond acceptors (Lipinski definition) is 2. The quantitative estimate of drug-likeness (QED) is 0.809. The van der Waals surface area contributed by atoms with Crippen LogP contribution < -0.4 is 10.6 Å². The third-order valence-electron chi connectivity index (χ3n) is 3.41. The van der Waals surface area contributed by atoms with Crippen LogP contribution in [0, 0.1) is 17.0 Å². The van der Waals surface area contributed by atoms with Crippen molar-refractivity contribution in [2.24, 2.45) is 5.41 Å². The third kappa shape index (κ3) is 4.08. The number of carbonyl (C=O) groups excluding carboxylic acids is 2. The molecule has 0 fully saturated rings. The van der Waals surface area contributed by atoms with Crippen molar-refractivity contribution in [3.05, 3.63) is 59.1 Å². The Labute approximate surface area is 142 Å². The molecule has 0 saturated heterocycles. The van der Waals surface area contributed by atoms with Crippen molar-refractivity contribution >= 4 is 34.8 Å². The first-order valence-corrected chi connectivity index (χ1v) is 7.41. The highest BCUT2D eigenvalue weighted by molar-refractivity contribution is 6.31. The van der Waals surface area contributed by atoms with Gasteiger partial charge < -0.3 is 10.6 Å². The molecule has 0 unspecified atom stereocenters. The standard InChI is InChI=1S/C17H15ClF2N2O2/c1-17(2,15(23)21-11-5-3-10(19)4-6-11)16(24)22-12-7-8-14(20)13(18)9-12/h3-9H,1-2H3,(H,21,23)(H,22,24).